The van der Waals surface area contributed by atoms with Gasteiger partial charge in [-0.2, -0.15) is 0 Å². The van der Waals surface area contributed by atoms with Gasteiger partial charge in [0.25, 0.3) is 0 Å². The lowest BCUT2D eigenvalue weighted by Gasteiger charge is -2.32. The van der Waals surface area contributed by atoms with Crippen LogP contribution in [0.3, 0.4) is 0 Å². The van der Waals surface area contributed by atoms with E-state index in [9.17, 15) is 9.50 Å². The molecule has 1 saturated heterocycles. The van der Waals surface area contributed by atoms with E-state index in [0.29, 0.717) is 5.46 Å². The monoisotopic (exact) mass is 272 g/mol. The lowest BCUT2D eigenvalue weighted by Crippen LogP contribution is -2.41. The molecule has 0 saturated carbocycles. The second-order valence-electron chi connectivity index (χ2n) is 5.39. The zero-order chi connectivity index (χ0) is 13.7. The summed E-state index contributed by atoms with van der Waals surface area (Å²) in [7, 11) is -0.738. The highest BCUT2D eigenvalue weighted by Gasteiger charge is 2.52. The van der Waals surface area contributed by atoms with Gasteiger partial charge in [-0.15, -0.1) is 0 Å². The quantitative estimate of drug-likeness (QED) is 0.798. The number of hydrogen-bond acceptors (Lipinski definition) is 3. The molecule has 2 rings (SSSR count). The van der Waals surface area contributed by atoms with Crippen LogP contribution in [-0.2, 0) is 9.31 Å². The van der Waals surface area contributed by atoms with E-state index < -0.39 is 29.9 Å². The van der Waals surface area contributed by atoms with E-state index in [-0.39, 0.29) is 5.02 Å². The van der Waals surface area contributed by atoms with Crippen molar-refractivity contribution in [1.82, 2.24) is 0 Å². The van der Waals surface area contributed by atoms with Crippen molar-refractivity contribution in [3.8, 4) is 5.75 Å². The number of rotatable bonds is 1. The summed E-state index contributed by atoms with van der Waals surface area (Å²) in [6, 6.07) is 2.74. The summed E-state index contributed by atoms with van der Waals surface area (Å²) in [6.45, 7) is 7.60. The third kappa shape index (κ3) is 2.00. The normalized spacial score (nSPS) is 21.3. The Labute approximate surface area is 111 Å². The summed E-state index contributed by atoms with van der Waals surface area (Å²) in [5, 5.41) is 9.06. The molecule has 1 aromatic rings. The van der Waals surface area contributed by atoms with Gasteiger partial charge in [-0.3, -0.25) is 0 Å². The van der Waals surface area contributed by atoms with E-state index in [1.165, 1.54) is 12.1 Å². The highest BCUT2D eigenvalue weighted by molar-refractivity contribution is 6.65. The van der Waals surface area contributed by atoms with E-state index in [1.807, 2.05) is 27.7 Å². The van der Waals surface area contributed by atoms with Gasteiger partial charge in [0.15, 0.2) is 11.6 Å². The Morgan fingerprint density at radius 1 is 1.17 bits per heavy atom. The van der Waals surface area contributed by atoms with Gasteiger partial charge in [0, 0.05) is 5.46 Å². The summed E-state index contributed by atoms with van der Waals surface area (Å²) in [5.74, 6) is -1.34. The number of hydrogen-bond donors (Lipinski definition) is 1. The van der Waals surface area contributed by atoms with E-state index in [2.05, 4.69) is 0 Å². The van der Waals surface area contributed by atoms with Crippen molar-refractivity contribution in [3.05, 3.63) is 23.0 Å². The first kappa shape index (κ1) is 13.7. The standard InChI is InChI=1S/C12H15BClFO3/c1-11(2)12(3,4)18-13(17-11)7-5-6-8(16)10(15)9(7)14/h5-6,16H,1-4H3. The molecule has 1 aliphatic heterocycles. The fraction of sp³-hybridized carbons (Fsp3) is 0.500. The molecule has 0 atom stereocenters. The highest BCUT2D eigenvalue weighted by atomic mass is 35.5. The molecule has 1 N–H and O–H groups in total. The lowest BCUT2D eigenvalue weighted by molar-refractivity contribution is 0.00578. The molecule has 1 aromatic carbocycles. The number of phenolic OH excluding ortho intramolecular Hbond substituents is 1. The van der Waals surface area contributed by atoms with Crippen LogP contribution in [0.2, 0.25) is 5.02 Å². The van der Waals surface area contributed by atoms with Crippen LogP contribution < -0.4 is 5.46 Å². The first-order valence-electron chi connectivity index (χ1n) is 5.68. The predicted molar refractivity (Wildman–Crippen MR) is 68.8 cm³/mol. The number of phenols is 1. The highest BCUT2D eigenvalue weighted by Crippen LogP contribution is 2.37. The summed E-state index contributed by atoms with van der Waals surface area (Å²) >= 11 is 5.87. The maximum Gasteiger partial charge on any atom is 0.496 e. The lowest BCUT2D eigenvalue weighted by atomic mass is 9.79. The van der Waals surface area contributed by atoms with Gasteiger partial charge in [0.2, 0.25) is 0 Å². The minimum Gasteiger partial charge on any atom is -0.505 e. The first-order valence-corrected chi connectivity index (χ1v) is 6.06. The summed E-state index contributed by atoms with van der Waals surface area (Å²) in [6.07, 6.45) is 0. The first-order chi connectivity index (χ1) is 8.16. The number of aromatic hydroxyl groups is 1. The molecule has 18 heavy (non-hydrogen) atoms. The fourth-order valence-electron chi connectivity index (χ4n) is 1.71. The Morgan fingerprint density at radius 3 is 2.17 bits per heavy atom. The van der Waals surface area contributed by atoms with Crippen LogP contribution >= 0.6 is 11.6 Å². The minimum atomic E-state index is -0.858. The Bertz CT molecular complexity index is 474. The average molecular weight is 273 g/mol. The molecule has 0 radical (unpaired) electrons. The summed E-state index contributed by atoms with van der Waals surface area (Å²) in [4.78, 5) is 0. The van der Waals surface area contributed by atoms with Crippen molar-refractivity contribution in [2.24, 2.45) is 0 Å². The van der Waals surface area contributed by atoms with Crippen molar-refractivity contribution in [1.29, 1.82) is 0 Å². The van der Waals surface area contributed by atoms with Crippen molar-refractivity contribution in [3.63, 3.8) is 0 Å². The van der Waals surface area contributed by atoms with Gasteiger partial charge < -0.3 is 14.4 Å². The zero-order valence-corrected chi connectivity index (χ0v) is 11.5. The molecule has 1 aliphatic rings. The molecule has 98 valence electrons. The second-order valence-corrected chi connectivity index (χ2v) is 5.77. The molecule has 0 aromatic heterocycles. The Balaban J connectivity index is 2.39. The molecule has 1 heterocycles. The SMILES string of the molecule is CC1(C)OB(c2ccc(O)c(F)c2Cl)OC1(C)C. The van der Waals surface area contributed by atoms with Gasteiger partial charge in [0.05, 0.1) is 16.2 Å². The predicted octanol–water partition coefficient (Wildman–Crippen LogP) is 2.48. The minimum absolute atomic E-state index is 0.173. The maximum atomic E-state index is 13.5. The van der Waals surface area contributed by atoms with Crippen molar-refractivity contribution >= 4 is 24.2 Å². The van der Waals surface area contributed by atoms with Crippen molar-refractivity contribution < 1.29 is 18.8 Å². The smallest absolute Gasteiger partial charge is 0.496 e. The second kappa shape index (κ2) is 4.12. The van der Waals surface area contributed by atoms with Gasteiger partial charge in [0.1, 0.15) is 0 Å². The van der Waals surface area contributed by atoms with Crippen LogP contribution in [0.15, 0.2) is 12.1 Å². The van der Waals surface area contributed by atoms with E-state index in [0.717, 1.165) is 0 Å². The van der Waals surface area contributed by atoms with E-state index >= 15 is 0 Å². The summed E-state index contributed by atoms with van der Waals surface area (Å²) < 4.78 is 25.1. The van der Waals surface area contributed by atoms with Gasteiger partial charge in [-0.1, -0.05) is 17.7 Å². The number of halogens is 2. The Hall–Kier alpha value is -0.775. The molecule has 0 amide bonds. The topological polar surface area (TPSA) is 38.7 Å². The third-order valence-electron chi connectivity index (χ3n) is 3.60. The zero-order valence-electron chi connectivity index (χ0n) is 10.8. The van der Waals surface area contributed by atoms with Crippen LogP contribution in [-0.4, -0.2) is 23.4 Å². The van der Waals surface area contributed by atoms with Crippen LogP contribution in [0.4, 0.5) is 4.39 Å². The van der Waals surface area contributed by atoms with Crippen LogP contribution in [0, 0.1) is 5.82 Å². The van der Waals surface area contributed by atoms with Crippen LogP contribution in [0.5, 0.6) is 5.75 Å². The average Bonchev–Trinajstić information content (AvgIpc) is 2.45. The van der Waals surface area contributed by atoms with E-state index in [1.54, 1.807) is 0 Å². The molecule has 0 unspecified atom stereocenters. The molecule has 0 spiro atoms. The molecule has 1 fully saturated rings. The van der Waals surface area contributed by atoms with Crippen LogP contribution in [0.25, 0.3) is 0 Å². The van der Waals surface area contributed by atoms with Gasteiger partial charge in [-0.25, -0.2) is 4.39 Å². The van der Waals surface area contributed by atoms with Gasteiger partial charge >= 0.3 is 7.12 Å². The van der Waals surface area contributed by atoms with Crippen LogP contribution in [0.1, 0.15) is 27.7 Å². The molecule has 0 bridgehead atoms. The largest absolute Gasteiger partial charge is 0.505 e. The summed E-state index contributed by atoms with van der Waals surface area (Å²) in [5.41, 5.74) is -0.657. The third-order valence-corrected chi connectivity index (χ3v) is 3.98. The van der Waals surface area contributed by atoms with E-state index in [4.69, 9.17) is 20.9 Å². The van der Waals surface area contributed by atoms with Crippen molar-refractivity contribution in [2.75, 3.05) is 0 Å². The number of benzene rings is 1. The maximum absolute atomic E-state index is 13.5. The fourth-order valence-corrected chi connectivity index (χ4v) is 1.96. The molecule has 3 nitrogen and oxygen atoms in total. The molecular formula is C12H15BClFO3. The molecule has 6 heteroatoms. The Morgan fingerprint density at radius 2 is 1.67 bits per heavy atom. The molecule has 0 aliphatic carbocycles. The molecular weight excluding hydrogens is 257 g/mol. The Kier molecular flexibility index (Phi) is 3.12. The van der Waals surface area contributed by atoms with Gasteiger partial charge in [-0.05, 0) is 33.8 Å². The van der Waals surface area contributed by atoms with Crippen molar-refractivity contribution in [2.45, 2.75) is 38.9 Å².